The van der Waals surface area contributed by atoms with Crippen LogP contribution in [0.4, 0.5) is 27.6 Å². The summed E-state index contributed by atoms with van der Waals surface area (Å²) in [6.45, 7) is -0.0593. The Hall–Kier alpha value is -4.76. The van der Waals surface area contributed by atoms with Crippen molar-refractivity contribution in [1.29, 1.82) is 5.26 Å². The fourth-order valence-electron chi connectivity index (χ4n) is 4.42. The van der Waals surface area contributed by atoms with Crippen LogP contribution in [0.1, 0.15) is 43.4 Å². The molecule has 3 aromatic carbocycles. The summed E-state index contributed by atoms with van der Waals surface area (Å²) < 4.78 is 69.2. The number of alkyl halides is 3. The van der Waals surface area contributed by atoms with E-state index in [9.17, 15) is 31.5 Å². The molecule has 1 unspecified atom stereocenters. The van der Waals surface area contributed by atoms with Crippen LogP contribution in [-0.4, -0.2) is 21.6 Å². The van der Waals surface area contributed by atoms with Gasteiger partial charge in [-0.05, 0) is 54.1 Å². The number of carbonyl (C=O) groups is 2. The third-order valence-corrected chi connectivity index (χ3v) is 6.54. The summed E-state index contributed by atoms with van der Waals surface area (Å²) >= 11 is 6.29. The standard InChI is InChI=1S/C27H15ClF5N5O2/c28-21-2-1-17(29)10-19(21)24-23-20(26(40)37-24)7-13(15-11-35-38(12-15)4-3-34)8-22(23)36-25(39)14-5-16(27(31,32)33)9-18(30)6-14/h1-2,5-12,24H,4H2,(H,36,39)(H,37,40). The van der Waals surface area contributed by atoms with Gasteiger partial charge in [-0.15, -0.1) is 0 Å². The van der Waals surface area contributed by atoms with E-state index in [4.69, 9.17) is 16.9 Å². The fourth-order valence-corrected chi connectivity index (χ4v) is 4.65. The SMILES string of the molecule is N#CCn1cc(-c2cc(NC(=O)c3cc(F)cc(C(F)(F)F)c3)c3c(c2)C(=O)NC3c2cc(F)ccc2Cl)cn1. The number of fused-ring (bicyclic) bond motifs is 1. The second-order valence-electron chi connectivity index (χ2n) is 8.82. The number of anilines is 1. The molecule has 1 aliphatic heterocycles. The average Bonchev–Trinajstić information content (AvgIpc) is 3.49. The van der Waals surface area contributed by atoms with E-state index in [2.05, 4.69) is 15.7 Å². The van der Waals surface area contributed by atoms with Gasteiger partial charge in [0.2, 0.25) is 0 Å². The topological polar surface area (TPSA) is 99.8 Å². The molecule has 1 aromatic heterocycles. The fraction of sp³-hybridized carbons (Fsp3) is 0.111. The molecule has 0 fully saturated rings. The largest absolute Gasteiger partial charge is 0.416 e. The second kappa shape index (κ2) is 10.1. The molecule has 0 spiro atoms. The summed E-state index contributed by atoms with van der Waals surface area (Å²) in [6, 6.07) is 8.75. The number of halogens is 6. The Bertz CT molecular complexity index is 1730. The van der Waals surface area contributed by atoms with E-state index in [1.165, 1.54) is 35.3 Å². The highest BCUT2D eigenvalue weighted by Gasteiger charge is 2.36. The normalized spacial score (nSPS) is 14.4. The van der Waals surface area contributed by atoms with E-state index in [0.717, 1.165) is 12.1 Å². The average molecular weight is 572 g/mol. The van der Waals surface area contributed by atoms with Crippen molar-refractivity contribution in [2.24, 2.45) is 0 Å². The van der Waals surface area contributed by atoms with Crippen molar-refractivity contribution in [3.05, 3.63) is 105 Å². The van der Waals surface area contributed by atoms with Gasteiger partial charge >= 0.3 is 6.18 Å². The Balaban J connectivity index is 1.65. The molecule has 0 radical (unpaired) electrons. The maximum atomic E-state index is 14.1. The number of nitrogens with zero attached hydrogens (tertiary/aromatic N) is 3. The predicted octanol–water partition coefficient (Wildman–Crippen LogP) is 6.11. The van der Waals surface area contributed by atoms with Crippen molar-refractivity contribution in [3.8, 4) is 17.2 Å². The maximum Gasteiger partial charge on any atom is 0.416 e. The van der Waals surface area contributed by atoms with Crippen molar-refractivity contribution >= 4 is 29.1 Å². The van der Waals surface area contributed by atoms with Gasteiger partial charge in [-0.2, -0.15) is 23.5 Å². The predicted molar refractivity (Wildman–Crippen MR) is 133 cm³/mol. The van der Waals surface area contributed by atoms with Gasteiger partial charge in [0.25, 0.3) is 11.8 Å². The monoisotopic (exact) mass is 571 g/mol. The van der Waals surface area contributed by atoms with Crippen molar-refractivity contribution in [1.82, 2.24) is 15.1 Å². The van der Waals surface area contributed by atoms with Gasteiger partial charge in [0, 0.05) is 44.7 Å². The number of nitrogens with one attached hydrogen (secondary N) is 2. The highest BCUT2D eigenvalue weighted by Crippen LogP contribution is 2.42. The lowest BCUT2D eigenvalue weighted by Gasteiger charge is -2.19. The lowest BCUT2D eigenvalue weighted by Crippen LogP contribution is -2.21. The van der Waals surface area contributed by atoms with Gasteiger partial charge in [-0.25, -0.2) is 8.78 Å². The van der Waals surface area contributed by atoms with Crippen LogP contribution in [0.15, 0.2) is 60.9 Å². The summed E-state index contributed by atoms with van der Waals surface area (Å²) in [5.41, 5.74) is -0.758. The Morgan fingerprint density at radius 1 is 1.10 bits per heavy atom. The van der Waals surface area contributed by atoms with Gasteiger partial charge in [0.15, 0.2) is 0 Å². The molecule has 0 saturated heterocycles. The minimum atomic E-state index is -4.91. The summed E-state index contributed by atoms with van der Waals surface area (Å²) in [6.07, 6.45) is -1.97. The molecule has 1 aliphatic rings. The van der Waals surface area contributed by atoms with E-state index in [0.29, 0.717) is 23.3 Å². The third kappa shape index (κ3) is 5.11. The lowest BCUT2D eigenvalue weighted by atomic mass is 9.93. The van der Waals surface area contributed by atoms with Crippen LogP contribution in [0.5, 0.6) is 0 Å². The molecule has 0 aliphatic carbocycles. The van der Waals surface area contributed by atoms with Crippen LogP contribution in [0.2, 0.25) is 5.02 Å². The smallest absolute Gasteiger partial charge is 0.341 e. The van der Waals surface area contributed by atoms with Crippen LogP contribution >= 0.6 is 11.6 Å². The van der Waals surface area contributed by atoms with E-state index in [1.807, 2.05) is 6.07 Å². The second-order valence-corrected chi connectivity index (χ2v) is 9.23. The molecule has 7 nitrogen and oxygen atoms in total. The number of benzene rings is 3. The quantitative estimate of drug-likeness (QED) is 0.282. The van der Waals surface area contributed by atoms with Gasteiger partial charge in [-0.3, -0.25) is 14.3 Å². The molecule has 13 heteroatoms. The minimum absolute atomic E-state index is 0.0213. The van der Waals surface area contributed by atoms with Crippen LogP contribution in [0.25, 0.3) is 11.1 Å². The highest BCUT2D eigenvalue weighted by atomic mass is 35.5. The number of aromatic nitrogens is 2. The highest BCUT2D eigenvalue weighted by molar-refractivity contribution is 6.31. The molecule has 2 N–H and O–H groups in total. The molecular formula is C27H15ClF5N5O2. The molecule has 40 heavy (non-hydrogen) atoms. The van der Waals surface area contributed by atoms with Gasteiger partial charge in [0.05, 0.1) is 23.9 Å². The molecule has 2 heterocycles. The number of amides is 2. The Kier molecular flexibility index (Phi) is 6.77. The number of hydrogen-bond acceptors (Lipinski definition) is 4. The van der Waals surface area contributed by atoms with Crippen LogP contribution in [0, 0.1) is 23.0 Å². The van der Waals surface area contributed by atoms with Crippen LogP contribution in [0.3, 0.4) is 0 Å². The zero-order chi connectivity index (χ0) is 28.8. The van der Waals surface area contributed by atoms with Crippen molar-refractivity contribution in [3.63, 3.8) is 0 Å². The zero-order valence-electron chi connectivity index (χ0n) is 20.0. The van der Waals surface area contributed by atoms with Gasteiger partial charge in [0.1, 0.15) is 18.2 Å². The third-order valence-electron chi connectivity index (χ3n) is 6.19. The molecule has 2 amide bonds. The minimum Gasteiger partial charge on any atom is -0.341 e. The number of rotatable bonds is 5. The molecule has 4 aromatic rings. The maximum absolute atomic E-state index is 14.1. The Morgan fingerprint density at radius 3 is 2.60 bits per heavy atom. The number of nitriles is 1. The summed E-state index contributed by atoms with van der Waals surface area (Å²) in [4.78, 5) is 26.2. The van der Waals surface area contributed by atoms with E-state index >= 15 is 0 Å². The van der Waals surface area contributed by atoms with Crippen molar-refractivity contribution in [2.75, 3.05) is 5.32 Å². The van der Waals surface area contributed by atoms with Crippen molar-refractivity contribution < 1.29 is 31.5 Å². The van der Waals surface area contributed by atoms with E-state index in [1.54, 1.807) is 0 Å². The Labute approximate surface area is 227 Å². The summed E-state index contributed by atoms with van der Waals surface area (Å²) in [5, 5.41) is 18.3. The first-order valence-corrected chi connectivity index (χ1v) is 11.8. The molecule has 0 saturated carbocycles. The Morgan fingerprint density at radius 2 is 1.88 bits per heavy atom. The van der Waals surface area contributed by atoms with E-state index in [-0.39, 0.29) is 40.0 Å². The number of hydrogen-bond donors (Lipinski definition) is 2. The molecular weight excluding hydrogens is 557 g/mol. The molecule has 0 bridgehead atoms. The first-order chi connectivity index (χ1) is 18.9. The summed E-state index contributed by atoms with van der Waals surface area (Å²) in [7, 11) is 0. The number of carbonyl (C=O) groups excluding carboxylic acids is 2. The van der Waals surface area contributed by atoms with Gasteiger partial charge < -0.3 is 10.6 Å². The molecule has 202 valence electrons. The van der Waals surface area contributed by atoms with Gasteiger partial charge in [-0.1, -0.05) is 11.6 Å². The van der Waals surface area contributed by atoms with Crippen molar-refractivity contribution in [2.45, 2.75) is 18.8 Å². The first-order valence-electron chi connectivity index (χ1n) is 11.5. The zero-order valence-corrected chi connectivity index (χ0v) is 20.7. The summed E-state index contributed by atoms with van der Waals surface area (Å²) in [5.74, 6) is -3.60. The molecule has 1 atom stereocenters. The van der Waals surface area contributed by atoms with Crippen LogP contribution in [-0.2, 0) is 12.7 Å². The first kappa shape index (κ1) is 26.8. The van der Waals surface area contributed by atoms with E-state index < -0.39 is 46.8 Å². The lowest BCUT2D eigenvalue weighted by molar-refractivity contribution is -0.137. The molecule has 5 rings (SSSR count). The van der Waals surface area contributed by atoms with Crippen LogP contribution < -0.4 is 10.6 Å².